The third-order valence-corrected chi connectivity index (χ3v) is 10.3. The topological polar surface area (TPSA) is 50.9 Å². The fraction of sp³-hybridized carbons (Fsp3) is 0.176. The Balaban J connectivity index is 0.00000528. The molecule has 6 aromatic carbocycles. The van der Waals surface area contributed by atoms with E-state index in [2.05, 4.69) is 108 Å². The van der Waals surface area contributed by atoms with Crippen molar-refractivity contribution in [3.05, 3.63) is 168 Å². The van der Waals surface area contributed by atoms with Crippen molar-refractivity contribution < 1.29 is 30.3 Å². The molecule has 0 saturated heterocycles. The maximum Gasteiger partial charge on any atom is 0.148 e. The van der Waals surface area contributed by atoms with E-state index in [4.69, 9.17) is 14.1 Å². The summed E-state index contributed by atoms with van der Waals surface area (Å²) in [6.07, 6.45) is 1.85. The minimum atomic E-state index is -2.32. The Labute approximate surface area is 349 Å². The van der Waals surface area contributed by atoms with Crippen LogP contribution in [-0.4, -0.2) is 19.6 Å². The number of phenols is 1. The molecule has 0 radical (unpaired) electrons. The van der Waals surface area contributed by atoms with Gasteiger partial charge in [0.15, 0.2) is 0 Å². The SMILES string of the molecule is [2H]C([2H])([2H])c1ccc(-n2c(-c3ccccc3O)nc3c(-c4[c-]c(-c5cc(-c6ccccc6)ccn5)cc(C(C)(C)C)c4)cccc32)c(-c2ccc(C(C)(C)C)cc2)c1.[Pt]. The van der Waals surface area contributed by atoms with Gasteiger partial charge in [0.25, 0.3) is 0 Å². The largest absolute Gasteiger partial charge is 0.507 e. The quantitative estimate of drug-likeness (QED) is 0.169. The summed E-state index contributed by atoms with van der Waals surface area (Å²) in [7, 11) is 0. The summed E-state index contributed by atoms with van der Waals surface area (Å²) in [5.74, 6) is 0.614. The third-order valence-electron chi connectivity index (χ3n) is 10.3. The number of aromatic nitrogens is 3. The molecule has 0 spiro atoms. The summed E-state index contributed by atoms with van der Waals surface area (Å²) in [5, 5.41) is 11.3. The first kappa shape index (κ1) is 34.9. The predicted octanol–water partition coefficient (Wildman–Crippen LogP) is 13.2. The molecular formula is C51H46N3OPt-. The van der Waals surface area contributed by atoms with Crippen LogP contribution < -0.4 is 0 Å². The number of hydrogen-bond donors (Lipinski definition) is 1. The number of pyridine rings is 1. The van der Waals surface area contributed by atoms with E-state index in [0.717, 1.165) is 61.4 Å². The van der Waals surface area contributed by atoms with Crippen LogP contribution in [0.4, 0.5) is 0 Å². The van der Waals surface area contributed by atoms with Gasteiger partial charge in [-0.3, -0.25) is 9.55 Å². The van der Waals surface area contributed by atoms with Crippen molar-refractivity contribution in [3.63, 3.8) is 0 Å². The molecule has 8 aromatic rings. The van der Waals surface area contributed by atoms with Gasteiger partial charge in [-0.2, -0.15) is 0 Å². The van der Waals surface area contributed by atoms with E-state index in [0.29, 0.717) is 16.9 Å². The van der Waals surface area contributed by atoms with Gasteiger partial charge in [0, 0.05) is 42.6 Å². The molecule has 0 unspecified atom stereocenters. The van der Waals surface area contributed by atoms with E-state index in [9.17, 15) is 5.11 Å². The number of benzene rings is 6. The number of hydrogen-bond acceptors (Lipinski definition) is 3. The molecular weight excluding hydrogens is 866 g/mol. The smallest absolute Gasteiger partial charge is 0.148 e. The number of aromatic hydroxyl groups is 1. The average Bonchev–Trinajstić information content (AvgIpc) is 3.59. The van der Waals surface area contributed by atoms with Crippen LogP contribution in [0, 0.1) is 12.9 Å². The molecule has 0 aliphatic rings. The van der Waals surface area contributed by atoms with Gasteiger partial charge < -0.3 is 5.11 Å². The summed E-state index contributed by atoms with van der Waals surface area (Å²) in [4.78, 5) is 10.2. The maximum absolute atomic E-state index is 11.3. The molecule has 0 atom stereocenters. The molecule has 0 aliphatic heterocycles. The van der Waals surface area contributed by atoms with Gasteiger partial charge in [-0.05, 0) is 76.3 Å². The Morgan fingerprint density at radius 1 is 0.607 bits per heavy atom. The fourth-order valence-electron chi connectivity index (χ4n) is 7.19. The van der Waals surface area contributed by atoms with Crippen molar-refractivity contribution in [1.82, 2.24) is 14.5 Å². The van der Waals surface area contributed by atoms with Crippen molar-refractivity contribution in [2.24, 2.45) is 0 Å². The molecule has 0 fully saturated rings. The Hall–Kier alpha value is -5.57. The molecule has 2 heterocycles. The van der Waals surface area contributed by atoms with Crippen LogP contribution in [0.1, 0.15) is 62.3 Å². The van der Waals surface area contributed by atoms with Crippen LogP contribution in [-0.2, 0) is 31.9 Å². The summed E-state index contributed by atoms with van der Waals surface area (Å²) >= 11 is 0. The average molecular weight is 915 g/mol. The second-order valence-corrected chi connectivity index (χ2v) is 16.3. The van der Waals surface area contributed by atoms with E-state index in [-0.39, 0.29) is 43.2 Å². The maximum atomic E-state index is 11.3. The number of imidazole rings is 1. The molecule has 1 N–H and O–H groups in total. The fourth-order valence-corrected chi connectivity index (χ4v) is 7.19. The van der Waals surface area contributed by atoms with Gasteiger partial charge in [0.1, 0.15) is 11.6 Å². The van der Waals surface area contributed by atoms with Crippen molar-refractivity contribution in [2.45, 2.75) is 59.2 Å². The second-order valence-electron chi connectivity index (χ2n) is 16.3. The number of nitrogens with zero attached hydrogens (tertiary/aromatic N) is 3. The third kappa shape index (κ3) is 7.51. The first-order valence-corrected chi connectivity index (χ1v) is 18.7. The summed E-state index contributed by atoms with van der Waals surface area (Å²) < 4.78 is 27.0. The van der Waals surface area contributed by atoms with E-state index >= 15 is 0 Å². The zero-order valence-corrected chi connectivity index (χ0v) is 34.7. The molecule has 0 amide bonds. The molecule has 282 valence electrons. The first-order valence-electron chi connectivity index (χ1n) is 20.2. The van der Waals surface area contributed by atoms with E-state index < -0.39 is 6.85 Å². The number of phenolic OH excluding ortho intramolecular Hbond substituents is 1. The predicted molar refractivity (Wildman–Crippen MR) is 229 cm³/mol. The first-order chi connectivity index (χ1) is 27.6. The molecule has 5 heteroatoms. The number of para-hydroxylation sites is 2. The second kappa shape index (κ2) is 15.2. The number of rotatable bonds is 6. The van der Waals surface area contributed by atoms with Crippen LogP contribution in [0.3, 0.4) is 0 Å². The Bertz CT molecular complexity index is 2800. The molecule has 56 heavy (non-hydrogen) atoms. The molecule has 2 aromatic heterocycles. The standard InChI is InChI=1S/C51H46N3O.Pt/c1-33-20-25-45(43(28-33)35-21-23-39(24-22-35)50(2,3)4)54-46-18-13-17-41(48(46)53-49(54)42-16-11-12-19-47(42)55)37-29-38(31-40(30-37)51(5,6)7)44-32-36(26-27-52-44)34-14-9-8-10-15-34;/h8-28,30-32,55H,1-7H3;/q-1;/i1D3;. The molecule has 4 nitrogen and oxygen atoms in total. The van der Waals surface area contributed by atoms with E-state index in [1.807, 2.05) is 65.4 Å². The van der Waals surface area contributed by atoms with Crippen molar-refractivity contribution in [2.75, 3.05) is 0 Å². The number of aryl methyl sites for hydroxylation is 1. The Morgan fingerprint density at radius 3 is 2.02 bits per heavy atom. The minimum Gasteiger partial charge on any atom is -0.507 e. The zero-order valence-electron chi connectivity index (χ0n) is 35.5. The van der Waals surface area contributed by atoms with E-state index in [1.54, 1.807) is 24.3 Å². The van der Waals surface area contributed by atoms with Crippen molar-refractivity contribution >= 4 is 11.0 Å². The van der Waals surface area contributed by atoms with Gasteiger partial charge in [-0.1, -0.05) is 149 Å². The molecule has 0 bridgehead atoms. The van der Waals surface area contributed by atoms with Crippen LogP contribution in [0.5, 0.6) is 5.75 Å². The normalized spacial score (nSPS) is 12.8. The van der Waals surface area contributed by atoms with Crippen LogP contribution >= 0.6 is 0 Å². The van der Waals surface area contributed by atoms with Gasteiger partial charge in [-0.25, -0.2) is 4.98 Å². The van der Waals surface area contributed by atoms with Gasteiger partial charge in [-0.15, -0.1) is 29.3 Å². The van der Waals surface area contributed by atoms with E-state index in [1.165, 1.54) is 5.56 Å². The molecule has 0 saturated carbocycles. The Kier molecular flexibility index (Phi) is 9.45. The van der Waals surface area contributed by atoms with Gasteiger partial charge in [0.2, 0.25) is 0 Å². The van der Waals surface area contributed by atoms with Gasteiger partial charge >= 0.3 is 0 Å². The zero-order chi connectivity index (χ0) is 41.0. The Morgan fingerprint density at radius 2 is 1.30 bits per heavy atom. The van der Waals surface area contributed by atoms with Crippen molar-refractivity contribution in [3.8, 4) is 67.5 Å². The summed E-state index contributed by atoms with van der Waals surface area (Å²) in [5.41, 5.74) is 12.3. The van der Waals surface area contributed by atoms with Crippen LogP contribution in [0.15, 0.2) is 146 Å². The molecule has 0 aliphatic carbocycles. The summed E-state index contributed by atoms with van der Waals surface area (Å²) in [6.45, 7) is 10.8. The minimum absolute atomic E-state index is 0. The van der Waals surface area contributed by atoms with Crippen LogP contribution in [0.25, 0.3) is 72.7 Å². The number of fused-ring (bicyclic) bond motifs is 1. The monoisotopic (exact) mass is 914 g/mol. The van der Waals surface area contributed by atoms with Gasteiger partial charge in [0.05, 0.1) is 22.3 Å². The summed E-state index contributed by atoms with van der Waals surface area (Å²) in [6, 6.07) is 49.5. The molecule has 8 rings (SSSR count). The van der Waals surface area contributed by atoms with Crippen LogP contribution in [0.2, 0.25) is 0 Å². The van der Waals surface area contributed by atoms with Crippen molar-refractivity contribution in [1.29, 1.82) is 0 Å².